The topological polar surface area (TPSA) is 56.7 Å². The van der Waals surface area contributed by atoms with E-state index in [-0.39, 0.29) is 5.41 Å². The first-order valence-corrected chi connectivity index (χ1v) is 7.41. The summed E-state index contributed by atoms with van der Waals surface area (Å²) in [5, 5.41) is 4.78. The second kappa shape index (κ2) is 4.93. The van der Waals surface area contributed by atoms with Gasteiger partial charge >= 0.3 is 0 Å². The summed E-state index contributed by atoms with van der Waals surface area (Å²) in [5.41, 5.74) is 9.92. The molecule has 4 heteroatoms. The Morgan fingerprint density at radius 1 is 1.25 bits per heavy atom. The van der Waals surface area contributed by atoms with Gasteiger partial charge in [0.2, 0.25) is 0 Å². The van der Waals surface area contributed by atoms with Crippen LogP contribution >= 0.6 is 0 Å². The van der Waals surface area contributed by atoms with Crippen molar-refractivity contribution in [2.75, 3.05) is 5.73 Å². The van der Waals surface area contributed by atoms with Crippen LogP contribution in [0.25, 0.3) is 11.1 Å². The largest absolute Gasteiger partial charge is 0.383 e. The molecule has 1 aliphatic carbocycles. The molecule has 1 fully saturated rings. The van der Waals surface area contributed by atoms with Crippen LogP contribution in [0.5, 0.6) is 0 Å². The Morgan fingerprint density at radius 3 is 2.50 bits per heavy atom. The second-order valence-electron chi connectivity index (χ2n) is 5.81. The lowest BCUT2D eigenvalue weighted by molar-refractivity contribution is 0.408. The zero-order valence-corrected chi connectivity index (χ0v) is 12.3. The maximum absolute atomic E-state index is 6.30. The zero-order chi connectivity index (χ0) is 14.2. The van der Waals surface area contributed by atoms with Crippen LogP contribution < -0.4 is 5.73 Å². The lowest BCUT2D eigenvalue weighted by Crippen LogP contribution is -2.22. The fourth-order valence-corrected chi connectivity index (χ4v) is 3.52. The molecule has 1 aliphatic rings. The Balaban J connectivity index is 2.19. The summed E-state index contributed by atoms with van der Waals surface area (Å²) in [5.74, 6) is 0.755. The van der Waals surface area contributed by atoms with Crippen LogP contribution in [0.4, 0.5) is 5.82 Å². The number of aryl methyl sites for hydroxylation is 1. The van der Waals surface area contributed by atoms with Gasteiger partial charge in [-0.1, -0.05) is 19.8 Å². The van der Waals surface area contributed by atoms with Crippen LogP contribution in [-0.4, -0.2) is 14.8 Å². The van der Waals surface area contributed by atoms with Crippen LogP contribution in [0.15, 0.2) is 24.5 Å². The third-order valence-electron chi connectivity index (χ3n) is 4.80. The van der Waals surface area contributed by atoms with Gasteiger partial charge in [0.15, 0.2) is 0 Å². The number of nitrogens with zero attached hydrogens (tertiary/aromatic N) is 3. The number of hydrogen-bond acceptors (Lipinski definition) is 3. The number of nitrogen functional groups attached to an aromatic ring is 1. The maximum Gasteiger partial charge on any atom is 0.129 e. The van der Waals surface area contributed by atoms with Crippen molar-refractivity contribution >= 4 is 5.82 Å². The van der Waals surface area contributed by atoms with Gasteiger partial charge in [-0.2, -0.15) is 5.10 Å². The number of nitrogens with two attached hydrogens (primary N) is 1. The van der Waals surface area contributed by atoms with Crippen LogP contribution in [0.1, 0.15) is 44.7 Å². The minimum Gasteiger partial charge on any atom is -0.383 e. The van der Waals surface area contributed by atoms with E-state index in [1.54, 1.807) is 0 Å². The highest BCUT2D eigenvalue weighted by atomic mass is 15.3. The molecule has 0 aliphatic heterocycles. The molecule has 0 amide bonds. The van der Waals surface area contributed by atoms with E-state index >= 15 is 0 Å². The molecule has 0 aromatic carbocycles. The molecule has 2 aromatic rings. The van der Waals surface area contributed by atoms with Crippen molar-refractivity contribution in [3.63, 3.8) is 0 Å². The van der Waals surface area contributed by atoms with E-state index in [4.69, 9.17) is 10.8 Å². The molecule has 1 saturated carbocycles. The summed E-state index contributed by atoms with van der Waals surface area (Å²) >= 11 is 0. The van der Waals surface area contributed by atoms with Crippen LogP contribution in [0, 0.1) is 0 Å². The number of hydrogen-bond donors (Lipinski definition) is 1. The number of rotatable bonds is 3. The Labute approximate surface area is 120 Å². The van der Waals surface area contributed by atoms with Crippen LogP contribution in [-0.2, 0) is 12.5 Å². The van der Waals surface area contributed by atoms with Gasteiger partial charge in [0, 0.05) is 30.4 Å². The number of aromatic nitrogens is 3. The molecule has 0 saturated heterocycles. The van der Waals surface area contributed by atoms with Gasteiger partial charge in [-0.3, -0.25) is 9.67 Å². The summed E-state index contributed by atoms with van der Waals surface area (Å²) in [4.78, 5) is 4.10. The average Bonchev–Trinajstić information content (AvgIpc) is 3.07. The SMILES string of the molecule is CCC1(c2nn(C)c(N)c2-c2ccncc2)CCCC1. The monoisotopic (exact) mass is 270 g/mol. The van der Waals surface area contributed by atoms with Gasteiger partial charge in [0.05, 0.1) is 5.69 Å². The summed E-state index contributed by atoms with van der Waals surface area (Å²) in [6, 6.07) is 4.05. The van der Waals surface area contributed by atoms with Crippen molar-refractivity contribution in [3.05, 3.63) is 30.2 Å². The Hall–Kier alpha value is -1.84. The van der Waals surface area contributed by atoms with Gasteiger partial charge in [0.1, 0.15) is 5.82 Å². The lowest BCUT2D eigenvalue weighted by Gasteiger charge is -2.26. The van der Waals surface area contributed by atoms with Crippen molar-refractivity contribution in [2.24, 2.45) is 7.05 Å². The van der Waals surface area contributed by atoms with Crippen LogP contribution in [0.2, 0.25) is 0 Å². The van der Waals surface area contributed by atoms with E-state index in [0.717, 1.165) is 23.4 Å². The highest BCUT2D eigenvalue weighted by Gasteiger charge is 2.39. The molecule has 2 heterocycles. The Morgan fingerprint density at radius 2 is 1.90 bits per heavy atom. The molecule has 0 spiro atoms. The summed E-state index contributed by atoms with van der Waals surface area (Å²) in [6.07, 6.45) is 9.79. The lowest BCUT2D eigenvalue weighted by atomic mass is 9.77. The third-order valence-corrected chi connectivity index (χ3v) is 4.80. The van der Waals surface area contributed by atoms with Crippen molar-refractivity contribution in [2.45, 2.75) is 44.4 Å². The third kappa shape index (κ3) is 1.90. The molecule has 3 rings (SSSR count). The maximum atomic E-state index is 6.30. The quantitative estimate of drug-likeness (QED) is 0.931. The Bertz CT molecular complexity index is 594. The fraction of sp³-hybridized carbons (Fsp3) is 0.500. The second-order valence-corrected chi connectivity index (χ2v) is 5.81. The van der Waals surface area contributed by atoms with Crippen molar-refractivity contribution < 1.29 is 0 Å². The van der Waals surface area contributed by atoms with E-state index in [1.165, 1.54) is 31.4 Å². The standard InChI is InChI=1S/C16H22N4/c1-3-16(8-4-5-9-16)14-13(15(17)20(2)19-14)12-6-10-18-11-7-12/h6-7,10-11H,3-5,8-9,17H2,1-2H3. The first kappa shape index (κ1) is 13.2. The molecular weight excluding hydrogens is 248 g/mol. The summed E-state index contributed by atoms with van der Waals surface area (Å²) in [7, 11) is 1.93. The first-order chi connectivity index (χ1) is 9.68. The molecule has 0 bridgehead atoms. The molecule has 106 valence electrons. The highest BCUT2D eigenvalue weighted by Crippen LogP contribution is 2.47. The molecular formula is C16H22N4. The van der Waals surface area contributed by atoms with E-state index < -0.39 is 0 Å². The molecule has 0 unspecified atom stereocenters. The predicted molar refractivity (Wildman–Crippen MR) is 81.3 cm³/mol. The van der Waals surface area contributed by atoms with E-state index in [2.05, 4.69) is 11.9 Å². The van der Waals surface area contributed by atoms with Crippen molar-refractivity contribution in [1.29, 1.82) is 0 Å². The minimum atomic E-state index is 0.202. The smallest absolute Gasteiger partial charge is 0.129 e. The molecule has 4 nitrogen and oxygen atoms in total. The molecule has 20 heavy (non-hydrogen) atoms. The van der Waals surface area contributed by atoms with E-state index in [0.29, 0.717) is 0 Å². The predicted octanol–water partition coefficient (Wildman–Crippen LogP) is 3.29. The highest BCUT2D eigenvalue weighted by molar-refractivity contribution is 5.77. The number of anilines is 1. The normalized spacial score (nSPS) is 17.5. The van der Waals surface area contributed by atoms with E-state index in [9.17, 15) is 0 Å². The summed E-state index contributed by atoms with van der Waals surface area (Å²) in [6.45, 7) is 2.27. The van der Waals surface area contributed by atoms with Gasteiger partial charge in [-0.15, -0.1) is 0 Å². The van der Waals surface area contributed by atoms with Crippen molar-refractivity contribution in [3.8, 4) is 11.1 Å². The molecule has 0 atom stereocenters. The molecule has 0 radical (unpaired) electrons. The minimum absolute atomic E-state index is 0.202. The Kier molecular flexibility index (Phi) is 3.24. The molecule has 2 N–H and O–H groups in total. The van der Waals surface area contributed by atoms with Gasteiger partial charge < -0.3 is 5.73 Å². The first-order valence-electron chi connectivity index (χ1n) is 7.41. The van der Waals surface area contributed by atoms with Gasteiger partial charge in [-0.25, -0.2) is 0 Å². The van der Waals surface area contributed by atoms with E-state index in [1.807, 2.05) is 36.3 Å². The van der Waals surface area contributed by atoms with Gasteiger partial charge in [-0.05, 0) is 37.0 Å². The van der Waals surface area contributed by atoms with Crippen LogP contribution in [0.3, 0.4) is 0 Å². The number of pyridine rings is 1. The summed E-state index contributed by atoms with van der Waals surface area (Å²) < 4.78 is 1.82. The van der Waals surface area contributed by atoms with Crippen molar-refractivity contribution in [1.82, 2.24) is 14.8 Å². The fourth-order valence-electron chi connectivity index (χ4n) is 3.52. The zero-order valence-electron chi connectivity index (χ0n) is 12.3. The average molecular weight is 270 g/mol. The van der Waals surface area contributed by atoms with Gasteiger partial charge in [0.25, 0.3) is 0 Å². The molecule has 2 aromatic heterocycles.